The van der Waals surface area contributed by atoms with Crippen LogP contribution >= 0.6 is 27.7 Å². The molecule has 0 aliphatic heterocycles. The van der Waals surface area contributed by atoms with E-state index in [2.05, 4.69) is 31.1 Å². The number of benzene rings is 1. The Bertz CT molecular complexity index is 447. The van der Waals surface area contributed by atoms with E-state index in [0.717, 1.165) is 15.2 Å². The van der Waals surface area contributed by atoms with Crippen LogP contribution in [0.15, 0.2) is 34.2 Å². The van der Waals surface area contributed by atoms with Gasteiger partial charge in [0.25, 0.3) is 0 Å². The van der Waals surface area contributed by atoms with Crippen molar-refractivity contribution in [2.45, 2.75) is 10.9 Å². The van der Waals surface area contributed by atoms with Crippen molar-refractivity contribution in [2.75, 3.05) is 0 Å². The second kappa shape index (κ2) is 4.76. The molecule has 1 aromatic carbocycles. The van der Waals surface area contributed by atoms with Crippen LogP contribution in [0.25, 0.3) is 0 Å². The second-order valence-electron chi connectivity index (χ2n) is 2.82. The fourth-order valence-electron chi connectivity index (χ4n) is 1.06. The topological polar surface area (TPSA) is 41.6 Å². The Morgan fingerprint density at radius 3 is 3.07 bits per heavy atom. The van der Waals surface area contributed by atoms with Gasteiger partial charge in [-0.2, -0.15) is 5.10 Å². The number of thioether (sulfide) groups is 1. The first-order chi connectivity index (χ1) is 7.25. The molecule has 0 saturated carbocycles. The third-order valence-electron chi connectivity index (χ3n) is 1.77. The average Bonchev–Trinajstić information content (AvgIpc) is 2.72. The van der Waals surface area contributed by atoms with Crippen LogP contribution in [-0.4, -0.2) is 15.2 Å². The molecule has 1 heterocycles. The van der Waals surface area contributed by atoms with Gasteiger partial charge in [-0.15, -0.1) is 0 Å². The van der Waals surface area contributed by atoms with E-state index in [-0.39, 0.29) is 5.82 Å². The highest BCUT2D eigenvalue weighted by molar-refractivity contribution is 9.10. The Labute approximate surface area is 98.6 Å². The first kappa shape index (κ1) is 10.6. The lowest BCUT2D eigenvalue weighted by Gasteiger charge is -2.02. The van der Waals surface area contributed by atoms with Gasteiger partial charge in [0.15, 0.2) is 5.16 Å². The van der Waals surface area contributed by atoms with Crippen molar-refractivity contribution < 1.29 is 4.39 Å². The third kappa shape index (κ3) is 2.79. The molecule has 0 unspecified atom stereocenters. The minimum atomic E-state index is -0.230. The van der Waals surface area contributed by atoms with E-state index in [1.807, 2.05) is 0 Å². The van der Waals surface area contributed by atoms with E-state index in [9.17, 15) is 4.39 Å². The molecule has 2 aromatic rings. The molecule has 0 bridgehead atoms. The fraction of sp³-hybridized carbons (Fsp3) is 0.111. The predicted molar refractivity (Wildman–Crippen MR) is 60.0 cm³/mol. The summed E-state index contributed by atoms with van der Waals surface area (Å²) in [6, 6.07) is 4.63. The van der Waals surface area contributed by atoms with E-state index in [4.69, 9.17) is 0 Å². The summed E-state index contributed by atoms with van der Waals surface area (Å²) in [7, 11) is 0. The molecule has 0 aliphatic carbocycles. The maximum atomic E-state index is 12.9. The van der Waals surface area contributed by atoms with Gasteiger partial charge in [0.1, 0.15) is 12.1 Å². The molecular weight excluding hydrogens is 281 g/mol. The van der Waals surface area contributed by atoms with Gasteiger partial charge in [0.05, 0.1) is 0 Å². The monoisotopic (exact) mass is 287 g/mol. The first-order valence-corrected chi connectivity index (χ1v) is 5.95. The molecule has 1 N–H and O–H groups in total. The van der Waals surface area contributed by atoms with Crippen LogP contribution in [0.1, 0.15) is 5.56 Å². The molecule has 3 nitrogen and oxygen atoms in total. The molecule has 0 aliphatic rings. The van der Waals surface area contributed by atoms with E-state index in [1.54, 1.807) is 6.07 Å². The van der Waals surface area contributed by atoms with Crippen molar-refractivity contribution in [3.8, 4) is 0 Å². The highest BCUT2D eigenvalue weighted by Crippen LogP contribution is 2.25. The van der Waals surface area contributed by atoms with Crippen molar-refractivity contribution in [1.82, 2.24) is 15.2 Å². The highest BCUT2D eigenvalue weighted by atomic mass is 79.9. The van der Waals surface area contributed by atoms with Crippen LogP contribution < -0.4 is 0 Å². The molecule has 0 atom stereocenters. The zero-order chi connectivity index (χ0) is 10.7. The van der Waals surface area contributed by atoms with E-state index in [1.165, 1.54) is 30.2 Å². The Hall–Kier alpha value is -0.880. The van der Waals surface area contributed by atoms with Crippen molar-refractivity contribution in [2.24, 2.45) is 0 Å². The Balaban J connectivity index is 2.07. The largest absolute Gasteiger partial charge is 0.254 e. The number of aromatic nitrogens is 3. The number of nitrogens with one attached hydrogen (secondary N) is 1. The minimum Gasteiger partial charge on any atom is -0.254 e. The summed E-state index contributed by atoms with van der Waals surface area (Å²) in [5.41, 5.74) is 0.899. The van der Waals surface area contributed by atoms with Gasteiger partial charge >= 0.3 is 0 Å². The van der Waals surface area contributed by atoms with Crippen LogP contribution in [0, 0.1) is 5.82 Å². The fourth-order valence-corrected chi connectivity index (χ4v) is 2.41. The zero-order valence-corrected chi connectivity index (χ0v) is 9.98. The number of nitrogens with zero attached hydrogens (tertiary/aromatic N) is 2. The van der Waals surface area contributed by atoms with Crippen molar-refractivity contribution in [3.05, 3.63) is 40.4 Å². The van der Waals surface area contributed by atoms with Gasteiger partial charge in [-0.1, -0.05) is 27.7 Å². The number of aromatic amines is 1. The average molecular weight is 288 g/mol. The molecule has 0 fully saturated rings. The van der Waals surface area contributed by atoms with Crippen molar-refractivity contribution in [1.29, 1.82) is 0 Å². The van der Waals surface area contributed by atoms with E-state index < -0.39 is 0 Å². The molecule has 0 radical (unpaired) electrons. The van der Waals surface area contributed by atoms with Crippen LogP contribution in [0.4, 0.5) is 4.39 Å². The Morgan fingerprint density at radius 2 is 2.33 bits per heavy atom. The summed E-state index contributed by atoms with van der Waals surface area (Å²) in [4.78, 5) is 3.97. The normalized spacial score (nSPS) is 10.5. The van der Waals surface area contributed by atoms with Gasteiger partial charge in [-0.05, 0) is 23.8 Å². The van der Waals surface area contributed by atoms with E-state index in [0.29, 0.717) is 5.75 Å². The minimum absolute atomic E-state index is 0.230. The Kier molecular flexibility index (Phi) is 3.37. The summed E-state index contributed by atoms with van der Waals surface area (Å²) in [5.74, 6) is 0.416. The van der Waals surface area contributed by atoms with Gasteiger partial charge in [-0.3, -0.25) is 5.10 Å². The Morgan fingerprint density at radius 1 is 1.47 bits per heavy atom. The molecule has 1 aromatic heterocycles. The van der Waals surface area contributed by atoms with Crippen LogP contribution in [0.3, 0.4) is 0 Å². The van der Waals surface area contributed by atoms with Crippen LogP contribution in [0.5, 0.6) is 0 Å². The predicted octanol–water partition coefficient (Wildman–Crippen LogP) is 3.00. The summed E-state index contributed by atoms with van der Waals surface area (Å²) >= 11 is 4.85. The molecule has 6 heteroatoms. The third-order valence-corrected chi connectivity index (χ3v) is 3.46. The molecule has 0 amide bonds. The molecular formula is C9H7BrFN3S. The number of halogens is 2. The van der Waals surface area contributed by atoms with Gasteiger partial charge in [0, 0.05) is 10.2 Å². The quantitative estimate of drug-likeness (QED) is 0.883. The number of hydrogen-bond donors (Lipinski definition) is 1. The van der Waals surface area contributed by atoms with E-state index >= 15 is 0 Å². The standard InChI is InChI=1S/C9H7BrFN3S/c10-8-2-1-7(11)3-6(8)4-15-9-12-5-13-14-9/h1-3,5H,4H2,(H,12,13,14). The lowest BCUT2D eigenvalue weighted by atomic mass is 10.2. The number of hydrogen-bond acceptors (Lipinski definition) is 3. The summed E-state index contributed by atoms with van der Waals surface area (Å²) < 4.78 is 13.8. The second-order valence-corrected chi connectivity index (χ2v) is 4.63. The summed E-state index contributed by atoms with van der Waals surface area (Å²) in [6.07, 6.45) is 1.45. The van der Waals surface area contributed by atoms with Crippen LogP contribution in [-0.2, 0) is 5.75 Å². The van der Waals surface area contributed by atoms with Crippen molar-refractivity contribution in [3.63, 3.8) is 0 Å². The maximum absolute atomic E-state index is 12.9. The lowest BCUT2D eigenvalue weighted by molar-refractivity contribution is 0.626. The zero-order valence-electron chi connectivity index (χ0n) is 7.58. The molecule has 2 rings (SSSR count). The SMILES string of the molecule is Fc1ccc(Br)c(CSc2ncn[nH]2)c1. The van der Waals surface area contributed by atoms with Gasteiger partial charge < -0.3 is 0 Å². The lowest BCUT2D eigenvalue weighted by Crippen LogP contribution is -1.86. The number of H-pyrrole nitrogens is 1. The summed E-state index contributed by atoms with van der Waals surface area (Å²) in [6.45, 7) is 0. The molecule has 15 heavy (non-hydrogen) atoms. The highest BCUT2D eigenvalue weighted by Gasteiger charge is 2.04. The smallest absolute Gasteiger partial charge is 0.183 e. The van der Waals surface area contributed by atoms with Gasteiger partial charge in [0.2, 0.25) is 0 Å². The van der Waals surface area contributed by atoms with Gasteiger partial charge in [-0.25, -0.2) is 9.37 Å². The maximum Gasteiger partial charge on any atom is 0.183 e. The van der Waals surface area contributed by atoms with Crippen molar-refractivity contribution >= 4 is 27.7 Å². The van der Waals surface area contributed by atoms with Crippen LogP contribution in [0.2, 0.25) is 0 Å². The molecule has 78 valence electrons. The molecule has 0 spiro atoms. The molecule has 0 saturated heterocycles. The number of rotatable bonds is 3. The first-order valence-electron chi connectivity index (χ1n) is 4.18. The summed E-state index contributed by atoms with van der Waals surface area (Å²) in [5, 5.41) is 7.19.